The highest BCUT2D eigenvalue weighted by Gasteiger charge is 2.35. The van der Waals surface area contributed by atoms with E-state index in [1.807, 2.05) is 45.9 Å². The Labute approximate surface area is 121 Å². The molecule has 0 aromatic heterocycles. The van der Waals surface area contributed by atoms with Crippen LogP contribution in [0.3, 0.4) is 0 Å². The quantitative estimate of drug-likeness (QED) is 0.860. The van der Waals surface area contributed by atoms with Gasteiger partial charge in [-0.3, -0.25) is 0 Å². The number of hydrogen-bond donors (Lipinski definition) is 1. The number of benzene rings is 1. The van der Waals surface area contributed by atoms with Crippen LogP contribution in [0.1, 0.15) is 48.2 Å². The second kappa shape index (κ2) is 5.96. The van der Waals surface area contributed by atoms with Crippen molar-refractivity contribution in [3.8, 4) is 0 Å². The number of aryl methyl sites for hydroxylation is 2. The van der Waals surface area contributed by atoms with Crippen molar-refractivity contribution < 1.29 is 14.8 Å². The van der Waals surface area contributed by atoms with E-state index in [1.165, 1.54) is 5.56 Å². The molecule has 1 aromatic carbocycles. The first-order valence-corrected chi connectivity index (χ1v) is 7.52. The lowest BCUT2D eigenvalue weighted by atomic mass is 9.83. The van der Waals surface area contributed by atoms with Crippen LogP contribution in [-0.2, 0) is 4.74 Å². The summed E-state index contributed by atoms with van der Waals surface area (Å²) >= 11 is 0. The first-order valence-electron chi connectivity index (χ1n) is 7.52. The van der Waals surface area contributed by atoms with Crippen LogP contribution in [-0.4, -0.2) is 24.7 Å². The van der Waals surface area contributed by atoms with Gasteiger partial charge in [0.25, 0.3) is 0 Å². The molecule has 2 rings (SSSR count). The Kier molecular flexibility index (Phi) is 4.48. The Morgan fingerprint density at radius 1 is 1.25 bits per heavy atom. The molecule has 3 nitrogen and oxygen atoms in total. The first-order chi connectivity index (χ1) is 9.40. The van der Waals surface area contributed by atoms with E-state index >= 15 is 0 Å². The smallest absolute Gasteiger partial charge is 0.338 e. The molecule has 3 heteroatoms. The van der Waals surface area contributed by atoms with E-state index in [0.29, 0.717) is 11.5 Å². The maximum absolute atomic E-state index is 12.4. The predicted octanol–water partition coefficient (Wildman–Crippen LogP) is 2.21. The van der Waals surface area contributed by atoms with Crippen molar-refractivity contribution in [1.82, 2.24) is 0 Å². The van der Waals surface area contributed by atoms with Crippen LogP contribution >= 0.6 is 0 Å². The summed E-state index contributed by atoms with van der Waals surface area (Å²) in [6, 6.07) is 5.86. The minimum atomic E-state index is -0.386. The standard InChI is InChI=1S/C17H25NO2/c1-12-5-6-15(13(2)11-12)16(19)20-17(3,4)14-7-9-18-10-8-14/h5-6,11,14,18H,7-10H2,1-4H3/p+1. The number of quaternary nitrogens is 1. The lowest BCUT2D eigenvalue weighted by molar-refractivity contribution is -0.665. The molecular formula is C17H26NO2+. The van der Waals surface area contributed by atoms with Crippen LogP contribution in [0.5, 0.6) is 0 Å². The molecule has 1 aliphatic rings. The monoisotopic (exact) mass is 276 g/mol. The van der Waals surface area contributed by atoms with Crippen LogP contribution in [0, 0.1) is 19.8 Å². The zero-order valence-electron chi connectivity index (χ0n) is 13.0. The van der Waals surface area contributed by atoms with Crippen LogP contribution in [0.2, 0.25) is 0 Å². The molecule has 1 aromatic rings. The predicted molar refractivity (Wildman–Crippen MR) is 79.8 cm³/mol. The number of carbonyl (C=O) groups excluding carboxylic acids is 1. The van der Waals surface area contributed by atoms with Gasteiger partial charge in [0.2, 0.25) is 0 Å². The second-order valence-electron chi connectivity index (χ2n) is 6.45. The van der Waals surface area contributed by atoms with Crippen molar-refractivity contribution in [2.24, 2.45) is 5.92 Å². The molecule has 1 heterocycles. The highest BCUT2D eigenvalue weighted by atomic mass is 16.6. The zero-order chi connectivity index (χ0) is 14.8. The molecule has 0 bridgehead atoms. The summed E-state index contributed by atoms with van der Waals surface area (Å²) in [5.41, 5.74) is 2.46. The van der Waals surface area contributed by atoms with E-state index < -0.39 is 0 Å². The average molecular weight is 276 g/mol. The third-order valence-electron chi connectivity index (χ3n) is 4.38. The summed E-state index contributed by atoms with van der Waals surface area (Å²) in [6.07, 6.45) is 2.24. The Balaban J connectivity index is 2.09. The number of piperidine rings is 1. The molecule has 0 atom stereocenters. The summed E-state index contributed by atoms with van der Waals surface area (Å²) in [6.45, 7) is 10.4. The molecule has 0 saturated carbocycles. The summed E-state index contributed by atoms with van der Waals surface area (Å²) in [7, 11) is 0. The number of rotatable bonds is 3. The van der Waals surface area contributed by atoms with Crippen molar-refractivity contribution in [2.75, 3.05) is 13.1 Å². The largest absolute Gasteiger partial charge is 0.456 e. The van der Waals surface area contributed by atoms with Gasteiger partial charge >= 0.3 is 5.97 Å². The first kappa shape index (κ1) is 15.0. The molecule has 1 saturated heterocycles. The van der Waals surface area contributed by atoms with E-state index in [4.69, 9.17) is 4.74 Å². The number of esters is 1. The number of hydrogen-bond acceptors (Lipinski definition) is 2. The van der Waals surface area contributed by atoms with Gasteiger partial charge in [-0.1, -0.05) is 17.7 Å². The molecule has 2 N–H and O–H groups in total. The third-order valence-corrected chi connectivity index (χ3v) is 4.38. The van der Waals surface area contributed by atoms with E-state index in [-0.39, 0.29) is 11.6 Å². The molecule has 0 unspecified atom stereocenters. The SMILES string of the molecule is Cc1ccc(C(=O)OC(C)(C)C2CC[NH2+]CC2)c(C)c1. The molecule has 0 amide bonds. The maximum Gasteiger partial charge on any atom is 0.338 e. The molecule has 0 spiro atoms. The maximum atomic E-state index is 12.4. The van der Waals surface area contributed by atoms with Gasteiger partial charge < -0.3 is 10.1 Å². The van der Waals surface area contributed by atoms with Gasteiger partial charge in [0.15, 0.2) is 0 Å². The number of carbonyl (C=O) groups is 1. The lowest BCUT2D eigenvalue weighted by Crippen LogP contribution is -2.86. The van der Waals surface area contributed by atoms with Gasteiger partial charge in [0.1, 0.15) is 5.60 Å². The van der Waals surface area contributed by atoms with Crippen molar-refractivity contribution in [3.63, 3.8) is 0 Å². The fraction of sp³-hybridized carbons (Fsp3) is 0.588. The normalized spacial score (nSPS) is 17.0. The van der Waals surface area contributed by atoms with Crippen LogP contribution < -0.4 is 5.32 Å². The Morgan fingerprint density at radius 2 is 1.90 bits per heavy atom. The Morgan fingerprint density at radius 3 is 2.50 bits per heavy atom. The van der Waals surface area contributed by atoms with Crippen molar-refractivity contribution in [3.05, 3.63) is 34.9 Å². The molecule has 20 heavy (non-hydrogen) atoms. The van der Waals surface area contributed by atoms with Gasteiger partial charge in [-0.15, -0.1) is 0 Å². The van der Waals surface area contributed by atoms with Crippen LogP contribution in [0.15, 0.2) is 18.2 Å². The summed E-state index contributed by atoms with van der Waals surface area (Å²) in [5.74, 6) is 0.268. The molecule has 1 aliphatic heterocycles. The molecule has 1 fully saturated rings. The van der Waals surface area contributed by atoms with E-state index in [9.17, 15) is 4.79 Å². The van der Waals surface area contributed by atoms with Crippen LogP contribution in [0.4, 0.5) is 0 Å². The van der Waals surface area contributed by atoms with Crippen LogP contribution in [0.25, 0.3) is 0 Å². The molecule has 110 valence electrons. The second-order valence-corrected chi connectivity index (χ2v) is 6.45. The molecular weight excluding hydrogens is 250 g/mol. The zero-order valence-corrected chi connectivity index (χ0v) is 13.0. The number of ether oxygens (including phenoxy) is 1. The van der Waals surface area contributed by atoms with Gasteiger partial charge in [-0.05, 0) is 39.3 Å². The van der Waals surface area contributed by atoms with Gasteiger partial charge in [0, 0.05) is 18.8 Å². The van der Waals surface area contributed by atoms with Gasteiger partial charge in [-0.25, -0.2) is 4.79 Å². The fourth-order valence-corrected chi connectivity index (χ4v) is 3.04. The van der Waals surface area contributed by atoms with E-state index in [1.54, 1.807) is 0 Å². The summed E-state index contributed by atoms with van der Waals surface area (Å²) in [5, 5.41) is 2.33. The fourth-order valence-electron chi connectivity index (χ4n) is 3.04. The Bertz CT molecular complexity index is 488. The molecule has 0 radical (unpaired) electrons. The third kappa shape index (κ3) is 3.40. The van der Waals surface area contributed by atoms with E-state index in [0.717, 1.165) is 31.5 Å². The van der Waals surface area contributed by atoms with Crippen molar-refractivity contribution in [1.29, 1.82) is 0 Å². The van der Waals surface area contributed by atoms with Crippen molar-refractivity contribution >= 4 is 5.97 Å². The summed E-state index contributed by atoms with van der Waals surface area (Å²) in [4.78, 5) is 12.4. The minimum absolute atomic E-state index is 0.193. The average Bonchev–Trinajstić information content (AvgIpc) is 2.39. The topological polar surface area (TPSA) is 42.9 Å². The van der Waals surface area contributed by atoms with E-state index in [2.05, 4.69) is 5.32 Å². The number of nitrogens with two attached hydrogens (primary N) is 1. The summed E-state index contributed by atoms with van der Waals surface area (Å²) < 4.78 is 5.83. The highest BCUT2D eigenvalue weighted by molar-refractivity contribution is 5.91. The lowest BCUT2D eigenvalue weighted by Gasteiger charge is -2.35. The van der Waals surface area contributed by atoms with Crippen molar-refractivity contribution in [2.45, 2.75) is 46.1 Å². The minimum Gasteiger partial charge on any atom is -0.456 e. The Hall–Kier alpha value is -1.35. The molecule has 0 aliphatic carbocycles. The van der Waals surface area contributed by atoms with Gasteiger partial charge in [0.05, 0.1) is 18.7 Å². The van der Waals surface area contributed by atoms with Gasteiger partial charge in [-0.2, -0.15) is 0 Å². The highest BCUT2D eigenvalue weighted by Crippen LogP contribution is 2.29.